The molecule has 0 bridgehead atoms. The summed E-state index contributed by atoms with van der Waals surface area (Å²) in [5.41, 5.74) is 0.991. The predicted octanol–water partition coefficient (Wildman–Crippen LogP) is 4.06. The molecule has 0 amide bonds. The average Bonchev–Trinajstić information content (AvgIpc) is 3.04. The Bertz CT molecular complexity index is 810. The van der Waals surface area contributed by atoms with Gasteiger partial charge in [-0.1, -0.05) is 30.8 Å². The van der Waals surface area contributed by atoms with E-state index in [9.17, 15) is 4.39 Å². The molecule has 130 valence electrons. The minimum Gasteiger partial charge on any atom is -0.490 e. The highest BCUT2D eigenvalue weighted by molar-refractivity contribution is 7.99. The average molecular weight is 358 g/mol. The number of nitrogens with zero attached hydrogens (tertiary/aromatic N) is 4. The molecule has 0 saturated carbocycles. The highest BCUT2D eigenvalue weighted by atomic mass is 32.2. The van der Waals surface area contributed by atoms with E-state index in [0.717, 1.165) is 29.5 Å². The first-order chi connectivity index (χ1) is 12.3. The molecule has 2 aromatic heterocycles. The van der Waals surface area contributed by atoms with Crippen molar-refractivity contribution in [1.29, 1.82) is 0 Å². The third-order valence-electron chi connectivity index (χ3n) is 3.51. The molecule has 0 spiro atoms. The Balaban J connectivity index is 1.64. The van der Waals surface area contributed by atoms with Gasteiger partial charge in [-0.2, -0.15) is 0 Å². The van der Waals surface area contributed by atoms with Crippen molar-refractivity contribution in [2.45, 2.75) is 25.0 Å². The number of hydrogen-bond donors (Lipinski definition) is 0. The molecule has 0 saturated heterocycles. The van der Waals surface area contributed by atoms with E-state index < -0.39 is 0 Å². The van der Waals surface area contributed by atoms with Crippen LogP contribution in [0.25, 0.3) is 11.4 Å². The monoisotopic (exact) mass is 358 g/mol. The third kappa shape index (κ3) is 4.36. The lowest BCUT2D eigenvalue weighted by Gasteiger charge is -2.09. The highest BCUT2D eigenvalue weighted by Gasteiger charge is 2.13. The summed E-state index contributed by atoms with van der Waals surface area (Å²) in [4.78, 5) is 4.04. The number of thioether (sulfide) groups is 1. The van der Waals surface area contributed by atoms with Crippen molar-refractivity contribution < 1.29 is 9.13 Å². The van der Waals surface area contributed by atoms with E-state index in [4.69, 9.17) is 4.74 Å². The number of benzene rings is 1. The second kappa shape index (κ2) is 8.62. The molecular formula is C18H19FN4OS. The number of aromatic nitrogens is 4. The fraction of sp³-hybridized carbons (Fsp3) is 0.278. The van der Waals surface area contributed by atoms with Crippen molar-refractivity contribution in [3.8, 4) is 17.1 Å². The van der Waals surface area contributed by atoms with E-state index in [2.05, 4.69) is 26.7 Å². The second-order valence-electron chi connectivity index (χ2n) is 5.32. The zero-order valence-electron chi connectivity index (χ0n) is 13.9. The molecule has 25 heavy (non-hydrogen) atoms. The molecule has 5 nitrogen and oxygen atoms in total. The third-order valence-corrected chi connectivity index (χ3v) is 4.44. The van der Waals surface area contributed by atoms with Crippen molar-refractivity contribution in [3.05, 3.63) is 54.6 Å². The fourth-order valence-corrected chi connectivity index (χ4v) is 3.16. The van der Waals surface area contributed by atoms with Gasteiger partial charge in [-0.05, 0) is 30.7 Å². The molecule has 1 aromatic carbocycles. The maximum Gasteiger partial charge on any atom is 0.191 e. The zero-order valence-corrected chi connectivity index (χ0v) is 14.7. The van der Waals surface area contributed by atoms with Gasteiger partial charge in [0.15, 0.2) is 22.5 Å². The number of pyridine rings is 1. The Morgan fingerprint density at radius 2 is 1.92 bits per heavy atom. The summed E-state index contributed by atoms with van der Waals surface area (Å²) in [6.45, 7) is 3.35. The van der Waals surface area contributed by atoms with Crippen LogP contribution in [0.5, 0.6) is 5.75 Å². The Hall–Kier alpha value is -2.41. The maximum atomic E-state index is 13.5. The lowest BCUT2D eigenvalue weighted by molar-refractivity contribution is 0.325. The van der Waals surface area contributed by atoms with Crippen LogP contribution in [0.3, 0.4) is 0 Å². The van der Waals surface area contributed by atoms with E-state index in [1.807, 2.05) is 12.1 Å². The minimum atomic E-state index is -0.346. The summed E-state index contributed by atoms with van der Waals surface area (Å²) in [7, 11) is 0. The number of halogens is 1. The minimum absolute atomic E-state index is 0.274. The predicted molar refractivity (Wildman–Crippen MR) is 96.2 cm³/mol. The van der Waals surface area contributed by atoms with Crippen LogP contribution < -0.4 is 4.74 Å². The first kappa shape index (κ1) is 17.4. The normalized spacial score (nSPS) is 10.8. The first-order valence-corrected chi connectivity index (χ1v) is 9.12. The van der Waals surface area contributed by atoms with Gasteiger partial charge in [0.25, 0.3) is 0 Å². The van der Waals surface area contributed by atoms with Gasteiger partial charge >= 0.3 is 0 Å². The van der Waals surface area contributed by atoms with Gasteiger partial charge in [0.05, 0.1) is 6.61 Å². The van der Waals surface area contributed by atoms with Gasteiger partial charge < -0.3 is 9.30 Å². The Morgan fingerprint density at radius 3 is 2.68 bits per heavy atom. The van der Waals surface area contributed by atoms with Gasteiger partial charge in [0.2, 0.25) is 0 Å². The standard InChI is InChI=1S/C18H19FN4OS/c1-2-11-23-17(14-7-9-20-10-8-14)21-22-18(23)25-13-12-24-16-6-4-3-5-15(16)19/h3-10H,2,11-13H2,1H3. The second-order valence-corrected chi connectivity index (χ2v) is 6.38. The molecule has 3 aromatic rings. The van der Waals surface area contributed by atoms with Crippen molar-refractivity contribution >= 4 is 11.8 Å². The summed E-state index contributed by atoms with van der Waals surface area (Å²) in [6.07, 6.45) is 4.47. The van der Waals surface area contributed by atoms with Crippen LogP contribution in [0.1, 0.15) is 13.3 Å². The summed E-state index contributed by atoms with van der Waals surface area (Å²) in [5, 5.41) is 9.46. The summed E-state index contributed by atoms with van der Waals surface area (Å²) in [5.74, 6) is 1.42. The number of ether oxygens (including phenoxy) is 1. The molecule has 0 atom stereocenters. The van der Waals surface area contributed by atoms with Gasteiger partial charge in [-0.3, -0.25) is 4.98 Å². The lowest BCUT2D eigenvalue weighted by atomic mass is 10.2. The van der Waals surface area contributed by atoms with Crippen molar-refractivity contribution in [2.24, 2.45) is 0 Å². The maximum absolute atomic E-state index is 13.5. The largest absolute Gasteiger partial charge is 0.490 e. The Labute approximate surface area is 150 Å². The van der Waals surface area contributed by atoms with E-state index in [1.54, 1.807) is 42.4 Å². The molecule has 0 aliphatic carbocycles. The molecule has 0 unspecified atom stereocenters. The van der Waals surface area contributed by atoms with E-state index in [1.165, 1.54) is 6.07 Å². The number of para-hydroxylation sites is 1. The molecular weight excluding hydrogens is 339 g/mol. The molecule has 2 heterocycles. The van der Waals surface area contributed by atoms with Crippen molar-refractivity contribution in [3.63, 3.8) is 0 Å². The van der Waals surface area contributed by atoms with Crippen LogP contribution in [-0.2, 0) is 6.54 Å². The van der Waals surface area contributed by atoms with Crippen LogP contribution in [-0.4, -0.2) is 32.1 Å². The number of hydrogen-bond acceptors (Lipinski definition) is 5. The SMILES string of the molecule is CCCn1c(SCCOc2ccccc2F)nnc1-c1ccncc1. The van der Waals surface area contributed by atoms with Gasteiger partial charge in [-0.25, -0.2) is 4.39 Å². The molecule has 0 radical (unpaired) electrons. The van der Waals surface area contributed by atoms with Crippen LogP contribution in [0.4, 0.5) is 4.39 Å². The van der Waals surface area contributed by atoms with Crippen molar-refractivity contribution in [1.82, 2.24) is 19.7 Å². The molecule has 0 N–H and O–H groups in total. The molecule has 3 rings (SSSR count). The summed E-state index contributed by atoms with van der Waals surface area (Å²) in [6, 6.07) is 10.3. The van der Waals surface area contributed by atoms with Gasteiger partial charge in [-0.15, -0.1) is 10.2 Å². The Kier molecular flexibility index (Phi) is 6.00. The number of rotatable bonds is 8. The first-order valence-electron chi connectivity index (χ1n) is 8.13. The fourth-order valence-electron chi connectivity index (χ4n) is 2.38. The quantitative estimate of drug-likeness (QED) is 0.449. The van der Waals surface area contributed by atoms with E-state index in [0.29, 0.717) is 12.4 Å². The zero-order chi connectivity index (χ0) is 17.5. The summed E-state index contributed by atoms with van der Waals surface area (Å²) >= 11 is 1.55. The molecule has 0 aliphatic heterocycles. The molecule has 7 heteroatoms. The van der Waals surface area contributed by atoms with E-state index in [-0.39, 0.29) is 11.6 Å². The molecule has 0 fully saturated rings. The van der Waals surface area contributed by atoms with Gasteiger partial charge in [0.1, 0.15) is 0 Å². The van der Waals surface area contributed by atoms with Crippen molar-refractivity contribution in [2.75, 3.05) is 12.4 Å². The van der Waals surface area contributed by atoms with Crippen LogP contribution in [0.15, 0.2) is 53.9 Å². The van der Waals surface area contributed by atoms with Gasteiger partial charge in [0, 0.05) is 30.3 Å². The van der Waals surface area contributed by atoms with Crippen LogP contribution in [0.2, 0.25) is 0 Å². The van der Waals surface area contributed by atoms with Crippen LogP contribution >= 0.6 is 11.8 Å². The van der Waals surface area contributed by atoms with Crippen LogP contribution in [0, 0.1) is 5.82 Å². The van der Waals surface area contributed by atoms with E-state index >= 15 is 0 Å². The lowest BCUT2D eigenvalue weighted by Crippen LogP contribution is -2.05. The highest BCUT2D eigenvalue weighted by Crippen LogP contribution is 2.24. The summed E-state index contributed by atoms with van der Waals surface area (Å²) < 4.78 is 21.1. The topological polar surface area (TPSA) is 52.8 Å². The molecule has 0 aliphatic rings. The smallest absolute Gasteiger partial charge is 0.191 e. The Morgan fingerprint density at radius 1 is 1.12 bits per heavy atom.